The molecule has 0 bridgehead atoms. The number of sulfonamides is 1. The van der Waals surface area contributed by atoms with Crippen LogP contribution < -0.4 is 4.72 Å². The highest BCUT2D eigenvalue weighted by atomic mass is 79.9. The molecular weight excluding hydrogens is 314 g/mol. The van der Waals surface area contributed by atoms with Crippen molar-refractivity contribution in [3.63, 3.8) is 0 Å². The lowest BCUT2D eigenvalue weighted by Gasteiger charge is -2.08. The first-order valence-corrected chi connectivity index (χ1v) is 7.74. The molecule has 0 saturated heterocycles. The molecule has 1 N–H and O–H groups in total. The van der Waals surface area contributed by atoms with Gasteiger partial charge in [-0.3, -0.25) is 4.72 Å². The molecule has 0 heterocycles. The van der Waals surface area contributed by atoms with Crippen LogP contribution in [0.25, 0.3) is 0 Å². The summed E-state index contributed by atoms with van der Waals surface area (Å²) in [6.45, 7) is 0. The lowest BCUT2D eigenvalue weighted by atomic mass is 10.3. The number of anilines is 1. The van der Waals surface area contributed by atoms with Gasteiger partial charge in [0.2, 0.25) is 10.0 Å². The maximum absolute atomic E-state index is 11.7. The summed E-state index contributed by atoms with van der Waals surface area (Å²) in [7, 11) is -3.22. The Bertz CT molecular complexity index is 500. The van der Waals surface area contributed by atoms with Gasteiger partial charge in [0.15, 0.2) is 0 Å². The van der Waals surface area contributed by atoms with E-state index in [1.165, 1.54) is 0 Å². The maximum atomic E-state index is 11.7. The van der Waals surface area contributed by atoms with Crippen LogP contribution in [0.2, 0.25) is 5.02 Å². The first-order chi connectivity index (χ1) is 7.46. The van der Waals surface area contributed by atoms with Crippen molar-refractivity contribution in [1.82, 2.24) is 0 Å². The molecule has 1 aliphatic rings. The van der Waals surface area contributed by atoms with Crippen molar-refractivity contribution in [2.75, 3.05) is 10.5 Å². The van der Waals surface area contributed by atoms with E-state index in [0.29, 0.717) is 16.6 Å². The van der Waals surface area contributed by atoms with Crippen molar-refractivity contribution in [3.8, 4) is 0 Å². The molecule has 1 fully saturated rings. The largest absolute Gasteiger partial charge is 0.283 e. The topological polar surface area (TPSA) is 46.2 Å². The van der Waals surface area contributed by atoms with Gasteiger partial charge in [0.1, 0.15) is 0 Å². The Labute approximate surface area is 108 Å². The Morgan fingerprint density at radius 1 is 1.44 bits per heavy atom. The molecule has 2 rings (SSSR count). The minimum atomic E-state index is -3.22. The highest BCUT2D eigenvalue weighted by Crippen LogP contribution is 2.31. The van der Waals surface area contributed by atoms with Gasteiger partial charge in [0.05, 0.1) is 16.5 Å². The molecule has 16 heavy (non-hydrogen) atoms. The highest BCUT2D eigenvalue weighted by Gasteiger charge is 2.27. The van der Waals surface area contributed by atoms with E-state index < -0.39 is 10.0 Å². The summed E-state index contributed by atoms with van der Waals surface area (Å²) in [5.74, 6) is 0.546. The molecule has 0 radical (unpaired) electrons. The number of hydrogen-bond donors (Lipinski definition) is 1. The summed E-state index contributed by atoms with van der Waals surface area (Å²) >= 11 is 9.13. The summed E-state index contributed by atoms with van der Waals surface area (Å²) in [6.07, 6.45) is 2.03. The fourth-order valence-corrected chi connectivity index (χ4v) is 3.33. The van der Waals surface area contributed by atoms with E-state index in [-0.39, 0.29) is 5.75 Å². The van der Waals surface area contributed by atoms with E-state index in [0.717, 1.165) is 17.3 Å². The molecule has 0 atom stereocenters. The second-order valence-corrected chi connectivity index (χ2v) is 6.98. The van der Waals surface area contributed by atoms with Crippen LogP contribution in [0.5, 0.6) is 0 Å². The van der Waals surface area contributed by atoms with Gasteiger partial charge in [-0.05, 0) is 52.9 Å². The molecule has 0 unspecified atom stereocenters. The van der Waals surface area contributed by atoms with Crippen LogP contribution in [0.4, 0.5) is 5.69 Å². The van der Waals surface area contributed by atoms with Crippen molar-refractivity contribution in [2.45, 2.75) is 12.8 Å². The minimum Gasteiger partial charge on any atom is -0.283 e. The molecule has 3 nitrogen and oxygen atoms in total. The first-order valence-electron chi connectivity index (χ1n) is 4.92. The lowest BCUT2D eigenvalue weighted by molar-refractivity contribution is 0.597. The normalized spacial score (nSPS) is 16.1. The molecule has 0 aliphatic heterocycles. The van der Waals surface area contributed by atoms with Crippen LogP contribution in [0.15, 0.2) is 22.7 Å². The van der Waals surface area contributed by atoms with Gasteiger partial charge in [0, 0.05) is 4.47 Å². The number of benzene rings is 1. The van der Waals surface area contributed by atoms with Crippen molar-refractivity contribution in [2.24, 2.45) is 5.92 Å². The molecule has 0 spiro atoms. The third-order valence-electron chi connectivity index (χ3n) is 2.34. The third kappa shape index (κ3) is 3.37. The van der Waals surface area contributed by atoms with Crippen molar-refractivity contribution in [3.05, 3.63) is 27.7 Å². The molecule has 0 amide bonds. The summed E-state index contributed by atoms with van der Waals surface area (Å²) in [4.78, 5) is 0. The average molecular weight is 325 g/mol. The molecule has 1 aliphatic carbocycles. The smallest absolute Gasteiger partial charge is 0.232 e. The highest BCUT2D eigenvalue weighted by molar-refractivity contribution is 9.10. The second-order valence-electron chi connectivity index (χ2n) is 3.96. The zero-order chi connectivity index (χ0) is 11.8. The van der Waals surface area contributed by atoms with Crippen LogP contribution >= 0.6 is 27.5 Å². The average Bonchev–Trinajstić information content (AvgIpc) is 2.94. The molecule has 1 saturated carbocycles. The van der Waals surface area contributed by atoms with E-state index in [4.69, 9.17) is 11.6 Å². The molecule has 0 aromatic heterocycles. The Morgan fingerprint density at radius 3 is 2.69 bits per heavy atom. The zero-order valence-corrected chi connectivity index (χ0v) is 11.6. The minimum absolute atomic E-state index is 0.209. The Kier molecular flexibility index (Phi) is 3.47. The van der Waals surface area contributed by atoms with Gasteiger partial charge in [-0.15, -0.1) is 0 Å². The molecule has 88 valence electrons. The Balaban J connectivity index is 2.10. The van der Waals surface area contributed by atoms with Gasteiger partial charge >= 0.3 is 0 Å². The van der Waals surface area contributed by atoms with E-state index in [1.54, 1.807) is 18.2 Å². The van der Waals surface area contributed by atoms with Gasteiger partial charge in [0.25, 0.3) is 0 Å². The third-order valence-corrected chi connectivity index (χ3v) is 5.03. The first kappa shape index (κ1) is 12.2. The van der Waals surface area contributed by atoms with E-state index in [1.807, 2.05) is 0 Å². The van der Waals surface area contributed by atoms with Gasteiger partial charge in [-0.25, -0.2) is 8.42 Å². The van der Waals surface area contributed by atoms with Gasteiger partial charge in [-0.1, -0.05) is 11.6 Å². The number of halogens is 2. The summed E-state index contributed by atoms with van der Waals surface area (Å²) in [5, 5.41) is 0.492. The molecule has 1 aromatic rings. The zero-order valence-electron chi connectivity index (χ0n) is 8.41. The van der Waals surface area contributed by atoms with E-state index >= 15 is 0 Å². The quantitative estimate of drug-likeness (QED) is 0.924. The maximum Gasteiger partial charge on any atom is 0.232 e. The Hall–Kier alpha value is -0.260. The second kappa shape index (κ2) is 4.55. The Morgan fingerprint density at radius 2 is 2.12 bits per heavy atom. The molecule has 6 heteroatoms. The van der Waals surface area contributed by atoms with Crippen LogP contribution in [-0.4, -0.2) is 14.2 Å². The van der Waals surface area contributed by atoms with Crippen molar-refractivity contribution >= 4 is 43.2 Å². The summed E-state index contributed by atoms with van der Waals surface area (Å²) in [5.41, 5.74) is 0.508. The van der Waals surface area contributed by atoms with Crippen molar-refractivity contribution < 1.29 is 8.42 Å². The standard InChI is InChI=1S/C10H11BrClNO2S/c11-9-4-3-8(5-10(9)12)13-16(14,15)6-7-1-2-7/h3-5,7,13H,1-2,6H2. The number of hydrogen-bond acceptors (Lipinski definition) is 2. The number of nitrogens with one attached hydrogen (secondary N) is 1. The van der Waals surface area contributed by atoms with E-state index in [9.17, 15) is 8.42 Å². The molecule has 1 aromatic carbocycles. The van der Waals surface area contributed by atoms with Crippen molar-refractivity contribution in [1.29, 1.82) is 0 Å². The van der Waals surface area contributed by atoms with Gasteiger partial charge in [-0.2, -0.15) is 0 Å². The van der Waals surface area contributed by atoms with Crippen LogP contribution in [0.3, 0.4) is 0 Å². The lowest BCUT2D eigenvalue weighted by Crippen LogP contribution is -2.17. The summed E-state index contributed by atoms with van der Waals surface area (Å²) < 4.78 is 26.6. The molecular formula is C10H11BrClNO2S. The summed E-state index contributed by atoms with van der Waals surface area (Å²) in [6, 6.07) is 4.99. The predicted molar refractivity (Wildman–Crippen MR) is 69.3 cm³/mol. The van der Waals surface area contributed by atoms with E-state index in [2.05, 4.69) is 20.7 Å². The fraction of sp³-hybridized carbons (Fsp3) is 0.400. The fourth-order valence-electron chi connectivity index (χ4n) is 1.38. The predicted octanol–water partition coefficient (Wildman–Crippen LogP) is 3.25. The monoisotopic (exact) mass is 323 g/mol. The van der Waals surface area contributed by atoms with Crippen LogP contribution in [0, 0.1) is 5.92 Å². The number of rotatable bonds is 4. The van der Waals surface area contributed by atoms with Crippen LogP contribution in [0.1, 0.15) is 12.8 Å². The van der Waals surface area contributed by atoms with Gasteiger partial charge < -0.3 is 0 Å². The van der Waals surface area contributed by atoms with Crippen LogP contribution in [-0.2, 0) is 10.0 Å². The SMILES string of the molecule is O=S(=O)(CC1CC1)Nc1ccc(Br)c(Cl)c1.